The molecule has 2 aromatic carbocycles. The summed E-state index contributed by atoms with van der Waals surface area (Å²) in [5, 5.41) is 1.99. The van der Waals surface area contributed by atoms with E-state index in [1.165, 1.54) is 11.3 Å². The van der Waals surface area contributed by atoms with Crippen LogP contribution < -0.4 is 10.3 Å². The maximum atomic E-state index is 12.9. The Bertz CT molecular complexity index is 1070. The van der Waals surface area contributed by atoms with Crippen molar-refractivity contribution in [3.8, 4) is 22.6 Å². The Morgan fingerprint density at radius 2 is 1.92 bits per heavy atom. The normalized spacial score (nSPS) is 10.9. The third-order valence-electron chi connectivity index (χ3n) is 3.90. The van der Waals surface area contributed by atoms with Crippen molar-refractivity contribution in [3.05, 3.63) is 76.7 Å². The minimum Gasteiger partial charge on any atom is -0.497 e. The monoisotopic (exact) mass is 334 g/mol. The third kappa shape index (κ3) is 2.39. The molecule has 0 aliphatic heterocycles. The topological polar surface area (TPSA) is 44.1 Å². The lowest BCUT2D eigenvalue weighted by molar-refractivity contribution is 0.414. The molecule has 24 heavy (non-hydrogen) atoms. The van der Waals surface area contributed by atoms with Gasteiger partial charge in [0.25, 0.3) is 5.56 Å². The Hall–Kier alpha value is -2.92. The molecule has 0 aliphatic carbocycles. The number of thiophene rings is 1. The number of hydrogen-bond donors (Lipinski definition) is 0. The highest BCUT2D eigenvalue weighted by Gasteiger charge is 2.13. The molecule has 0 aliphatic rings. The van der Waals surface area contributed by atoms with E-state index in [2.05, 4.69) is 4.98 Å². The van der Waals surface area contributed by atoms with Gasteiger partial charge in [0.05, 0.1) is 18.3 Å². The zero-order chi connectivity index (χ0) is 16.5. The minimum atomic E-state index is -0.0690. The van der Waals surface area contributed by atoms with Crippen LogP contribution in [-0.2, 0) is 0 Å². The number of hydrogen-bond acceptors (Lipinski definition) is 4. The molecule has 4 aromatic rings. The van der Waals surface area contributed by atoms with E-state index >= 15 is 0 Å². The second kappa shape index (κ2) is 5.94. The average Bonchev–Trinajstić information content (AvgIpc) is 3.08. The van der Waals surface area contributed by atoms with Crippen molar-refractivity contribution >= 4 is 21.6 Å². The van der Waals surface area contributed by atoms with Crippen molar-refractivity contribution in [2.75, 3.05) is 7.11 Å². The second-order valence-electron chi connectivity index (χ2n) is 5.31. The lowest BCUT2D eigenvalue weighted by atomic mass is 10.1. The van der Waals surface area contributed by atoms with Crippen LogP contribution in [-0.4, -0.2) is 16.7 Å². The summed E-state index contributed by atoms with van der Waals surface area (Å²) in [6.07, 6.45) is 1.58. The number of methoxy groups -OCH3 is 1. The van der Waals surface area contributed by atoms with Crippen LogP contribution in [0.5, 0.6) is 5.75 Å². The molecule has 0 amide bonds. The van der Waals surface area contributed by atoms with Crippen LogP contribution in [0.15, 0.2) is 71.1 Å². The maximum absolute atomic E-state index is 12.9. The molecular weight excluding hydrogens is 320 g/mol. The fourth-order valence-corrected chi connectivity index (χ4v) is 3.63. The highest BCUT2D eigenvalue weighted by atomic mass is 32.1. The number of benzene rings is 2. The lowest BCUT2D eigenvalue weighted by Gasteiger charge is -2.07. The van der Waals surface area contributed by atoms with Gasteiger partial charge in [0.15, 0.2) is 0 Å². The first kappa shape index (κ1) is 14.7. The maximum Gasteiger partial charge on any atom is 0.275 e. The van der Waals surface area contributed by atoms with Gasteiger partial charge in [-0.3, -0.25) is 9.36 Å². The molecule has 2 aromatic heterocycles. The van der Waals surface area contributed by atoms with E-state index in [1.54, 1.807) is 18.0 Å². The van der Waals surface area contributed by atoms with E-state index in [-0.39, 0.29) is 5.56 Å². The predicted octanol–water partition coefficient (Wildman–Crippen LogP) is 4.12. The van der Waals surface area contributed by atoms with E-state index in [1.807, 2.05) is 60.0 Å². The number of rotatable bonds is 3. The molecule has 0 spiro atoms. The molecule has 0 saturated heterocycles. The molecule has 0 unspecified atom stereocenters. The molecule has 0 saturated carbocycles. The molecule has 5 heteroatoms. The highest BCUT2D eigenvalue weighted by Crippen LogP contribution is 2.30. The Kier molecular flexibility index (Phi) is 3.63. The van der Waals surface area contributed by atoms with Crippen molar-refractivity contribution in [2.45, 2.75) is 0 Å². The van der Waals surface area contributed by atoms with E-state index in [0.717, 1.165) is 22.3 Å². The van der Waals surface area contributed by atoms with E-state index in [4.69, 9.17) is 4.74 Å². The molecule has 0 fully saturated rings. The zero-order valence-electron chi connectivity index (χ0n) is 13.0. The van der Waals surface area contributed by atoms with Crippen LogP contribution in [0.2, 0.25) is 0 Å². The summed E-state index contributed by atoms with van der Waals surface area (Å²) >= 11 is 1.43. The fraction of sp³-hybridized carbons (Fsp3) is 0.0526. The smallest absolute Gasteiger partial charge is 0.275 e. The molecule has 0 bridgehead atoms. The van der Waals surface area contributed by atoms with Crippen molar-refractivity contribution in [1.82, 2.24) is 9.55 Å². The Labute approximate surface area is 142 Å². The van der Waals surface area contributed by atoms with Gasteiger partial charge in [0.1, 0.15) is 16.8 Å². The van der Waals surface area contributed by atoms with Crippen LogP contribution in [0.1, 0.15) is 0 Å². The summed E-state index contributed by atoms with van der Waals surface area (Å²) < 4.78 is 7.44. The summed E-state index contributed by atoms with van der Waals surface area (Å²) in [6, 6.07) is 17.4. The number of aromatic nitrogens is 2. The summed E-state index contributed by atoms with van der Waals surface area (Å²) in [5.41, 5.74) is 3.47. The number of fused-ring (bicyclic) bond motifs is 1. The first-order chi connectivity index (χ1) is 11.8. The molecule has 0 radical (unpaired) electrons. The standard InChI is InChI=1S/C19H14N2O2S/c1-23-15-9-5-8-14(10-15)21-12-20-17-16(11-24-18(17)19(21)22)13-6-3-2-4-7-13/h2-12H,1H3. The van der Waals surface area contributed by atoms with Crippen molar-refractivity contribution in [3.63, 3.8) is 0 Å². The number of nitrogens with zero attached hydrogens (tertiary/aromatic N) is 2. The van der Waals surface area contributed by atoms with Crippen LogP contribution in [0, 0.1) is 0 Å². The third-order valence-corrected chi connectivity index (χ3v) is 4.85. The summed E-state index contributed by atoms with van der Waals surface area (Å²) in [4.78, 5) is 17.4. The van der Waals surface area contributed by atoms with Crippen LogP contribution in [0.25, 0.3) is 27.0 Å². The van der Waals surface area contributed by atoms with E-state index < -0.39 is 0 Å². The number of ether oxygens (including phenoxy) is 1. The molecule has 2 heterocycles. The molecule has 118 valence electrons. The molecule has 0 atom stereocenters. The first-order valence-corrected chi connectivity index (χ1v) is 8.34. The molecule has 4 nitrogen and oxygen atoms in total. The summed E-state index contributed by atoms with van der Waals surface area (Å²) in [5.74, 6) is 0.704. The Balaban J connectivity index is 1.89. The van der Waals surface area contributed by atoms with Crippen LogP contribution >= 0.6 is 11.3 Å². The summed E-state index contributed by atoms with van der Waals surface area (Å²) in [7, 11) is 1.61. The van der Waals surface area contributed by atoms with Gasteiger partial charge in [0, 0.05) is 17.0 Å². The van der Waals surface area contributed by atoms with Crippen LogP contribution in [0.4, 0.5) is 0 Å². The second-order valence-corrected chi connectivity index (χ2v) is 6.19. The largest absolute Gasteiger partial charge is 0.497 e. The highest BCUT2D eigenvalue weighted by molar-refractivity contribution is 7.17. The fourth-order valence-electron chi connectivity index (χ4n) is 2.68. The molecule has 0 N–H and O–H groups in total. The van der Waals surface area contributed by atoms with Gasteiger partial charge in [-0.25, -0.2) is 4.98 Å². The molecular formula is C19H14N2O2S. The van der Waals surface area contributed by atoms with Gasteiger partial charge in [-0.2, -0.15) is 0 Å². The van der Waals surface area contributed by atoms with Gasteiger partial charge in [-0.15, -0.1) is 11.3 Å². The van der Waals surface area contributed by atoms with Gasteiger partial charge in [-0.1, -0.05) is 36.4 Å². The van der Waals surface area contributed by atoms with Crippen molar-refractivity contribution in [1.29, 1.82) is 0 Å². The predicted molar refractivity (Wildman–Crippen MR) is 97.2 cm³/mol. The van der Waals surface area contributed by atoms with E-state index in [9.17, 15) is 4.79 Å². The molecule has 4 rings (SSSR count). The quantitative estimate of drug-likeness (QED) is 0.566. The SMILES string of the molecule is COc1cccc(-n2cnc3c(-c4ccccc4)csc3c2=O)c1. The van der Waals surface area contributed by atoms with Crippen LogP contribution in [0.3, 0.4) is 0 Å². The average molecular weight is 334 g/mol. The first-order valence-electron chi connectivity index (χ1n) is 7.46. The van der Waals surface area contributed by atoms with Gasteiger partial charge in [0.2, 0.25) is 0 Å². The van der Waals surface area contributed by atoms with Crippen molar-refractivity contribution < 1.29 is 4.74 Å². The van der Waals surface area contributed by atoms with Crippen molar-refractivity contribution in [2.24, 2.45) is 0 Å². The van der Waals surface area contributed by atoms with Gasteiger partial charge < -0.3 is 4.74 Å². The zero-order valence-corrected chi connectivity index (χ0v) is 13.8. The van der Waals surface area contributed by atoms with Gasteiger partial charge in [-0.05, 0) is 17.7 Å². The van der Waals surface area contributed by atoms with Gasteiger partial charge >= 0.3 is 0 Å². The Morgan fingerprint density at radius 3 is 2.71 bits per heavy atom. The summed E-state index contributed by atoms with van der Waals surface area (Å²) in [6.45, 7) is 0. The van der Waals surface area contributed by atoms with E-state index in [0.29, 0.717) is 10.4 Å². The Morgan fingerprint density at radius 1 is 1.08 bits per heavy atom. The lowest BCUT2D eigenvalue weighted by Crippen LogP contribution is -2.17. The minimum absolute atomic E-state index is 0.0690.